The molecular weight excluding hydrogens is 352 g/mol. The van der Waals surface area contributed by atoms with Crippen molar-refractivity contribution in [2.45, 2.75) is 6.92 Å². The van der Waals surface area contributed by atoms with E-state index >= 15 is 0 Å². The first-order valence-electron chi connectivity index (χ1n) is 7.43. The summed E-state index contributed by atoms with van der Waals surface area (Å²) in [5.41, 5.74) is 4.39. The molecule has 0 aliphatic heterocycles. The number of aromatic nitrogens is 3. The minimum absolute atomic E-state index is 0. The molecule has 0 fully saturated rings. The molecule has 24 heavy (non-hydrogen) atoms. The van der Waals surface area contributed by atoms with Gasteiger partial charge in [-0.2, -0.15) is 0 Å². The molecule has 0 bridgehead atoms. The van der Waals surface area contributed by atoms with Crippen molar-refractivity contribution < 1.29 is 24.6 Å². The minimum Gasteiger partial charge on any atom is -0.507 e. The van der Waals surface area contributed by atoms with E-state index in [1.165, 1.54) is 0 Å². The average Bonchev–Trinajstić information content (AvgIpc) is 2.94. The Morgan fingerprint density at radius 2 is 1.79 bits per heavy atom. The first-order chi connectivity index (χ1) is 11.2. The van der Waals surface area contributed by atoms with Gasteiger partial charge in [0.2, 0.25) is 0 Å². The molecule has 0 unspecified atom stereocenters. The second-order valence-electron chi connectivity index (χ2n) is 5.47. The van der Waals surface area contributed by atoms with Crippen LogP contribution in [0.15, 0.2) is 66.9 Å². The summed E-state index contributed by atoms with van der Waals surface area (Å²) in [4.78, 5) is 9.17. The van der Waals surface area contributed by atoms with Gasteiger partial charge in [0.05, 0.1) is 5.56 Å². The normalized spacial score (nSPS) is 10.5. The number of aromatic hydroxyl groups is 1. The number of para-hydroxylation sites is 1. The molecule has 0 saturated heterocycles. The number of hydrogen-bond acceptors (Lipinski definition) is 3. The smallest absolute Gasteiger partial charge is 0.164 e. The van der Waals surface area contributed by atoms with E-state index in [4.69, 9.17) is 4.98 Å². The SMILES string of the molecule is Cc1cccc(-n2c(-c3ccccc3O)nc3cccnc32)c1.[Zn]. The Hall–Kier alpha value is -2.52. The van der Waals surface area contributed by atoms with Crippen LogP contribution in [-0.2, 0) is 19.5 Å². The number of nitrogens with zero attached hydrogens (tertiary/aromatic N) is 3. The van der Waals surface area contributed by atoms with Crippen LogP contribution in [0.5, 0.6) is 5.75 Å². The molecule has 4 aromatic rings. The van der Waals surface area contributed by atoms with E-state index in [-0.39, 0.29) is 25.2 Å². The summed E-state index contributed by atoms with van der Waals surface area (Å²) >= 11 is 0. The topological polar surface area (TPSA) is 50.9 Å². The third-order valence-electron chi connectivity index (χ3n) is 3.82. The van der Waals surface area contributed by atoms with Gasteiger partial charge in [0.15, 0.2) is 11.5 Å². The molecule has 2 aromatic carbocycles. The molecule has 0 saturated carbocycles. The van der Waals surface area contributed by atoms with Crippen molar-refractivity contribution in [1.82, 2.24) is 14.5 Å². The number of phenols is 1. The van der Waals surface area contributed by atoms with Gasteiger partial charge in [-0.1, -0.05) is 24.3 Å². The van der Waals surface area contributed by atoms with Crippen molar-refractivity contribution in [2.24, 2.45) is 0 Å². The van der Waals surface area contributed by atoms with Crippen molar-refractivity contribution >= 4 is 11.2 Å². The van der Waals surface area contributed by atoms with Gasteiger partial charge in [0.1, 0.15) is 11.3 Å². The quantitative estimate of drug-likeness (QED) is 0.543. The molecule has 1 N–H and O–H groups in total. The largest absolute Gasteiger partial charge is 0.507 e. The molecular formula is C19H15N3OZn. The molecule has 0 aliphatic rings. The molecule has 114 valence electrons. The van der Waals surface area contributed by atoms with Crippen LogP contribution in [0.25, 0.3) is 28.2 Å². The van der Waals surface area contributed by atoms with Gasteiger partial charge in [-0.3, -0.25) is 4.57 Å². The minimum atomic E-state index is 0. The fourth-order valence-electron chi connectivity index (χ4n) is 2.77. The molecule has 0 aliphatic carbocycles. The standard InChI is InChI=1S/C19H15N3O.Zn/c1-13-6-4-7-14(12-13)22-18(15-8-2-3-10-17(15)23)21-16-9-5-11-20-19(16)22;/h2-12,23H,1H3;. The maximum Gasteiger partial charge on any atom is 0.164 e. The van der Waals surface area contributed by atoms with E-state index in [2.05, 4.69) is 24.0 Å². The summed E-state index contributed by atoms with van der Waals surface area (Å²) in [6, 6.07) is 19.2. The second kappa shape index (κ2) is 6.54. The summed E-state index contributed by atoms with van der Waals surface area (Å²) in [5.74, 6) is 0.888. The first kappa shape index (κ1) is 16.3. The predicted octanol–water partition coefficient (Wildman–Crippen LogP) is 4.10. The van der Waals surface area contributed by atoms with Crippen molar-refractivity contribution in [3.05, 3.63) is 72.4 Å². The van der Waals surface area contributed by atoms with Crippen LogP contribution in [0, 0.1) is 6.92 Å². The van der Waals surface area contributed by atoms with Gasteiger partial charge in [0.25, 0.3) is 0 Å². The van der Waals surface area contributed by atoms with E-state index < -0.39 is 0 Å². The van der Waals surface area contributed by atoms with Crippen molar-refractivity contribution in [3.63, 3.8) is 0 Å². The van der Waals surface area contributed by atoms with E-state index in [0.717, 1.165) is 22.4 Å². The molecule has 4 rings (SSSR count). The molecule has 0 radical (unpaired) electrons. The first-order valence-corrected chi connectivity index (χ1v) is 7.43. The Labute approximate surface area is 152 Å². The molecule has 2 heterocycles. The number of pyridine rings is 1. The van der Waals surface area contributed by atoms with E-state index in [1.54, 1.807) is 18.3 Å². The number of rotatable bonds is 2. The van der Waals surface area contributed by atoms with Crippen molar-refractivity contribution in [2.75, 3.05) is 0 Å². The summed E-state index contributed by atoms with van der Waals surface area (Å²) in [6.45, 7) is 2.05. The fourth-order valence-corrected chi connectivity index (χ4v) is 2.77. The van der Waals surface area contributed by atoms with Crippen LogP contribution in [0.2, 0.25) is 0 Å². The average molecular weight is 367 g/mol. The molecule has 0 atom stereocenters. The van der Waals surface area contributed by atoms with Gasteiger partial charge in [0, 0.05) is 31.4 Å². The summed E-state index contributed by atoms with van der Waals surface area (Å²) in [5, 5.41) is 10.2. The van der Waals surface area contributed by atoms with Crippen LogP contribution in [-0.4, -0.2) is 19.6 Å². The Morgan fingerprint density at radius 3 is 2.58 bits per heavy atom. The fraction of sp³-hybridized carbons (Fsp3) is 0.0526. The molecule has 5 heteroatoms. The maximum absolute atomic E-state index is 10.2. The third-order valence-corrected chi connectivity index (χ3v) is 3.82. The number of benzene rings is 2. The van der Waals surface area contributed by atoms with Gasteiger partial charge in [-0.25, -0.2) is 9.97 Å². The molecule has 0 amide bonds. The number of imidazole rings is 1. The summed E-state index contributed by atoms with van der Waals surface area (Å²) < 4.78 is 1.98. The zero-order valence-electron chi connectivity index (χ0n) is 13.3. The Kier molecular flexibility index (Phi) is 4.45. The van der Waals surface area contributed by atoms with E-state index in [0.29, 0.717) is 11.4 Å². The maximum atomic E-state index is 10.2. The van der Waals surface area contributed by atoms with Gasteiger partial charge >= 0.3 is 0 Å². The van der Waals surface area contributed by atoms with E-state index in [1.807, 2.05) is 41.0 Å². The number of aryl methyl sites for hydroxylation is 1. The summed E-state index contributed by atoms with van der Waals surface area (Å²) in [6.07, 6.45) is 1.75. The third kappa shape index (κ3) is 2.72. The summed E-state index contributed by atoms with van der Waals surface area (Å²) in [7, 11) is 0. The zero-order valence-corrected chi connectivity index (χ0v) is 16.3. The van der Waals surface area contributed by atoms with Gasteiger partial charge in [-0.15, -0.1) is 0 Å². The van der Waals surface area contributed by atoms with Crippen LogP contribution in [0.3, 0.4) is 0 Å². The number of hydrogen-bond donors (Lipinski definition) is 1. The number of fused-ring (bicyclic) bond motifs is 1. The molecule has 2 aromatic heterocycles. The number of phenolic OH excluding ortho intramolecular Hbond substituents is 1. The second-order valence-corrected chi connectivity index (χ2v) is 5.47. The van der Waals surface area contributed by atoms with Gasteiger partial charge in [-0.05, 0) is 48.9 Å². The van der Waals surface area contributed by atoms with Crippen LogP contribution in [0.1, 0.15) is 5.56 Å². The molecule has 0 spiro atoms. The van der Waals surface area contributed by atoms with Crippen LogP contribution in [0.4, 0.5) is 0 Å². The van der Waals surface area contributed by atoms with Crippen LogP contribution < -0.4 is 0 Å². The van der Waals surface area contributed by atoms with Gasteiger partial charge < -0.3 is 5.11 Å². The van der Waals surface area contributed by atoms with Crippen molar-refractivity contribution in [1.29, 1.82) is 0 Å². The monoisotopic (exact) mass is 365 g/mol. The Balaban J connectivity index is 0.00000169. The predicted molar refractivity (Wildman–Crippen MR) is 90.7 cm³/mol. The van der Waals surface area contributed by atoms with E-state index in [9.17, 15) is 5.11 Å². The van der Waals surface area contributed by atoms with Crippen molar-refractivity contribution in [3.8, 4) is 22.8 Å². The Bertz CT molecular complexity index is 1010. The van der Waals surface area contributed by atoms with Crippen LogP contribution >= 0.6 is 0 Å². The Morgan fingerprint density at radius 1 is 0.958 bits per heavy atom. The molecule has 4 nitrogen and oxygen atoms in total. The zero-order chi connectivity index (χ0) is 15.8.